The molecule has 0 aliphatic rings. The minimum atomic E-state index is -0.478. The van der Waals surface area contributed by atoms with Gasteiger partial charge in [0.25, 0.3) is 0 Å². The van der Waals surface area contributed by atoms with Gasteiger partial charge in [-0.3, -0.25) is 4.57 Å². The molecule has 0 radical (unpaired) electrons. The summed E-state index contributed by atoms with van der Waals surface area (Å²) >= 11 is 0. The van der Waals surface area contributed by atoms with Crippen molar-refractivity contribution in [1.29, 1.82) is 0 Å². The van der Waals surface area contributed by atoms with Gasteiger partial charge in [-0.15, -0.1) is 0 Å². The molecule has 0 unspecified atom stereocenters. The SMILES string of the molecule is Nc1nc2c(F)cccc2n1-c1ccccc1F. The highest BCUT2D eigenvalue weighted by molar-refractivity contribution is 5.81. The Balaban J connectivity index is 2.40. The Morgan fingerprint density at radius 2 is 1.67 bits per heavy atom. The lowest BCUT2D eigenvalue weighted by atomic mass is 10.2. The second-order valence-electron chi connectivity index (χ2n) is 3.86. The largest absolute Gasteiger partial charge is 0.369 e. The van der Waals surface area contributed by atoms with Gasteiger partial charge in [-0.05, 0) is 24.3 Å². The van der Waals surface area contributed by atoms with Crippen molar-refractivity contribution in [3.05, 3.63) is 54.1 Å². The smallest absolute Gasteiger partial charge is 0.206 e. The third-order valence-corrected chi connectivity index (χ3v) is 2.76. The minimum absolute atomic E-state index is 0.0557. The minimum Gasteiger partial charge on any atom is -0.369 e. The summed E-state index contributed by atoms with van der Waals surface area (Å²) in [5, 5.41) is 0. The number of anilines is 1. The van der Waals surface area contributed by atoms with Crippen molar-refractivity contribution in [2.75, 3.05) is 5.73 Å². The van der Waals surface area contributed by atoms with Crippen LogP contribution in [0.25, 0.3) is 16.7 Å². The number of imidazole rings is 1. The molecule has 1 aromatic heterocycles. The molecule has 0 bridgehead atoms. The maximum atomic E-state index is 13.8. The lowest BCUT2D eigenvalue weighted by Crippen LogP contribution is -2.02. The van der Waals surface area contributed by atoms with Crippen molar-refractivity contribution in [1.82, 2.24) is 9.55 Å². The van der Waals surface area contributed by atoms with E-state index in [0.717, 1.165) is 0 Å². The molecule has 90 valence electrons. The van der Waals surface area contributed by atoms with Crippen LogP contribution in [0.2, 0.25) is 0 Å². The third-order valence-electron chi connectivity index (χ3n) is 2.76. The highest BCUT2D eigenvalue weighted by Crippen LogP contribution is 2.25. The molecule has 3 nitrogen and oxygen atoms in total. The number of aromatic nitrogens is 2. The van der Waals surface area contributed by atoms with Crippen molar-refractivity contribution >= 4 is 17.0 Å². The van der Waals surface area contributed by atoms with Crippen molar-refractivity contribution in [2.24, 2.45) is 0 Å². The summed E-state index contributed by atoms with van der Waals surface area (Å²) in [4.78, 5) is 3.93. The second kappa shape index (κ2) is 3.80. The van der Waals surface area contributed by atoms with Crippen LogP contribution in [-0.2, 0) is 0 Å². The van der Waals surface area contributed by atoms with Crippen LogP contribution in [-0.4, -0.2) is 9.55 Å². The van der Waals surface area contributed by atoms with E-state index >= 15 is 0 Å². The van der Waals surface area contributed by atoms with E-state index in [2.05, 4.69) is 4.98 Å². The lowest BCUT2D eigenvalue weighted by molar-refractivity contribution is 0.620. The number of nitrogens with two attached hydrogens (primary N) is 1. The third kappa shape index (κ3) is 1.44. The number of nitrogens with zero attached hydrogens (tertiary/aromatic N) is 2. The number of benzene rings is 2. The molecular weight excluding hydrogens is 236 g/mol. The van der Waals surface area contributed by atoms with Gasteiger partial charge in [0.1, 0.15) is 11.3 Å². The first-order valence-electron chi connectivity index (χ1n) is 5.36. The van der Waals surface area contributed by atoms with Gasteiger partial charge in [-0.25, -0.2) is 13.8 Å². The zero-order chi connectivity index (χ0) is 12.7. The van der Waals surface area contributed by atoms with Crippen LogP contribution in [0.1, 0.15) is 0 Å². The standard InChI is InChI=1S/C13H9F2N3/c14-8-4-1-2-6-10(8)18-11-7-3-5-9(15)12(11)17-13(18)16/h1-7H,(H2,16,17). The van der Waals surface area contributed by atoms with E-state index in [0.29, 0.717) is 5.52 Å². The molecule has 18 heavy (non-hydrogen) atoms. The van der Waals surface area contributed by atoms with Gasteiger partial charge < -0.3 is 5.73 Å². The van der Waals surface area contributed by atoms with Crippen molar-refractivity contribution in [3.8, 4) is 5.69 Å². The number of hydrogen-bond acceptors (Lipinski definition) is 2. The molecule has 2 N–H and O–H groups in total. The van der Waals surface area contributed by atoms with Crippen LogP contribution in [0.5, 0.6) is 0 Å². The number of halogens is 2. The summed E-state index contributed by atoms with van der Waals surface area (Å²) in [6.45, 7) is 0. The monoisotopic (exact) mass is 245 g/mol. The molecule has 2 aromatic carbocycles. The van der Waals surface area contributed by atoms with Gasteiger partial charge in [0.05, 0.1) is 11.2 Å². The molecule has 0 aliphatic heterocycles. The predicted octanol–water partition coefficient (Wildman–Crippen LogP) is 2.89. The maximum Gasteiger partial charge on any atom is 0.206 e. The lowest BCUT2D eigenvalue weighted by Gasteiger charge is -2.07. The Morgan fingerprint density at radius 3 is 2.44 bits per heavy atom. The van der Waals surface area contributed by atoms with E-state index in [4.69, 9.17) is 5.73 Å². The molecule has 0 aliphatic carbocycles. The van der Waals surface area contributed by atoms with Crippen LogP contribution < -0.4 is 5.73 Å². The average molecular weight is 245 g/mol. The summed E-state index contributed by atoms with van der Waals surface area (Å²) in [6, 6.07) is 10.6. The fourth-order valence-corrected chi connectivity index (χ4v) is 1.97. The van der Waals surface area contributed by atoms with Crippen molar-refractivity contribution < 1.29 is 8.78 Å². The van der Waals surface area contributed by atoms with Gasteiger partial charge in [0.2, 0.25) is 5.95 Å². The first kappa shape index (κ1) is 10.7. The molecular formula is C13H9F2N3. The molecule has 3 rings (SSSR count). The molecule has 1 heterocycles. The van der Waals surface area contributed by atoms with Crippen LogP contribution in [0, 0.1) is 11.6 Å². The highest BCUT2D eigenvalue weighted by Gasteiger charge is 2.14. The Morgan fingerprint density at radius 1 is 0.944 bits per heavy atom. The number of fused-ring (bicyclic) bond motifs is 1. The quantitative estimate of drug-likeness (QED) is 0.716. The van der Waals surface area contributed by atoms with Gasteiger partial charge in [0.15, 0.2) is 5.82 Å². The van der Waals surface area contributed by atoms with Gasteiger partial charge in [0, 0.05) is 0 Å². The normalized spacial score (nSPS) is 11.0. The number of para-hydroxylation sites is 2. The first-order valence-corrected chi connectivity index (χ1v) is 5.36. The maximum absolute atomic E-state index is 13.8. The van der Waals surface area contributed by atoms with E-state index in [-0.39, 0.29) is 17.2 Å². The van der Waals surface area contributed by atoms with Crippen LogP contribution >= 0.6 is 0 Å². The molecule has 0 amide bonds. The molecule has 0 fully saturated rings. The van der Waals surface area contributed by atoms with Gasteiger partial charge >= 0.3 is 0 Å². The highest BCUT2D eigenvalue weighted by atomic mass is 19.1. The van der Waals surface area contributed by atoms with E-state index in [9.17, 15) is 8.78 Å². The van der Waals surface area contributed by atoms with Gasteiger partial charge in [-0.1, -0.05) is 18.2 Å². The summed E-state index contributed by atoms with van der Waals surface area (Å²) in [7, 11) is 0. The van der Waals surface area contributed by atoms with Gasteiger partial charge in [-0.2, -0.15) is 0 Å². The summed E-state index contributed by atoms with van der Waals surface area (Å²) in [6.07, 6.45) is 0. The number of hydrogen-bond donors (Lipinski definition) is 1. The number of nitrogen functional groups attached to an aromatic ring is 1. The molecule has 0 atom stereocenters. The molecule has 0 saturated carbocycles. The van der Waals surface area contributed by atoms with Crippen LogP contribution in [0.15, 0.2) is 42.5 Å². The van der Waals surface area contributed by atoms with E-state index < -0.39 is 11.6 Å². The summed E-state index contributed by atoms with van der Waals surface area (Å²) in [5.41, 5.74) is 6.57. The van der Waals surface area contributed by atoms with Crippen LogP contribution in [0.4, 0.5) is 14.7 Å². The van der Waals surface area contributed by atoms with Crippen LogP contribution in [0.3, 0.4) is 0 Å². The summed E-state index contributed by atoms with van der Waals surface area (Å²) < 4.78 is 28.7. The Labute approximate surface area is 101 Å². The molecule has 5 heteroatoms. The molecule has 3 aromatic rings. The average Bonchev–Trinajstić information content (AvgIpc) is 2.68. The van der Waals surface area contributed by atoms with Crippen molar-refractivity contribution in [3.63, 3.8) is 0 Å². The number of rotatable bonds is 1. The second-order valence-corrected chi connectivity index (χ2v) is 3.86. The predicted molar refractivity (Wildman–Crippen MR) is 65.4 cm³/mol. The summed E-state index contributed by atoms with van der Waals surface area (Å²) in [5.74, 6) is -0.859. The Hall–Kier alpha value is -2.43. The van der Waals surface area contributed by atoms with E-state index in [1.807, 2.05) is 0 Å². The Bertz CT molecular complexity index is 734. The van der Waals surface area contributed by atoms with E-state index in [1.54, 1.807) is 24.3 Å². The topological polar surface area (TPSA) is 43.8 Å². The fourth-order valence-electron chi connectivity index (χ4n) is 1.97. The Kier molecular flexibility index (Phi) is 2.26. The molecule has 0 spiro atoms. The zero-order valence-corrected chi connectivity index (χ0v) is 9.27. The fraction of sp³-hybridized carbons (Fsp3) is 0. The first-order chi connectivity index (χ1) is 8.68. The zero-order valence-electron chi connectivity index (χ0n) is 9.27. The van der Waals surface area contributed by atoms with Crippen molar-refractivity contribution in [2.45, 2.75) is 0 Å². The molecule has 0 saturated heterocycles. The van der Waals surface area contributed by atoms with E-state index in [1.165, 1.54) is 22.8 Å².